The molecule has 10 heteroatoms. The SMILES string of the molecule is CC#C[C@@H](CC(=O)OCC)c1ccc(OCc2cc(-c3ccc(S(N)=O)cc3C)cn3ncnc23)cc1.O. The summed E-state index contributed by atoms with van der Waals surface area (Å²) < 4.78 is 24.5. The van der Waals surface area contributed by atoms with Gasteiger partial charge in [0.15, 0.2) is 5.65 Å². The molecule has 0 amide bonds. The summed E-state index contributed by atoms with van der Waals surface area (Å²) in [7, 11) is -1.54. The first-order valence-electron chi connectivity index (χ1n) is 11.8. The molecule has 0 fully saturated rings. The molecular formula is C28H30N4O5S. The predicted molar refractivity (Wildman–Crippen MR) is 146 cm³/mol. The zero-order valence-electron chi connectivity index (χ0n) is 21.4. The molecule has 4 aromatic rings. The molecule has 0 saturated carbocycles. The van der Waals surface area contributed by atoms with Gasteiger partial charge < -0.3 is 14.9 Å². The summed E-state index contributed by atoms with van der Waals surface area (Å²) in [6.07, 6.45) is 3.61. The van der Waals surface area contributed by atoms with Crippen LogP contribution in [0.2, 0.25) is 0 Å². The lowest BCUT2D eigenvalue weighted by Crippen LogP contribution is -2.09. The van der Waals surface area contributed by atoms with Gasteiger partial charge in [-0.3, -0.25) is 4.79 Å². The molecule has 38 heavy (non-hydrogen) atoms. The Labute approximate surface area is 223 Å². The highest BCUT2D eigenvalue weighted by molar-refractivity contribution is 7.82. The molecule has 0 aliphatic rings. The van der Waals surface area contributed by atoms with Crippen LogP contribution in [0.1, 0.15) is 42.9 Å². The molecule has 0 bridgehead atoms. The van der Waals surface area contributed by atoms with Crippen molar-refractivity contribution in [1.29, 1.82) is 0 Å². The van der Waals surface area contributed by atoms with E-state index in [1.807, 2.05) is 55.6 Å². The number of hydrogen-bond acceptors (Lipinski definition) is 6. The molecule has 9 nitrogen and oxygen atoms in total. The van der Waals surface area contributed by atoms with Gasteiger partial charge in [-0.2, -0.15) is 5.10 Å². The average Bonchev–Trinajstić information content (AvgIpc) is 3.36. The van der Waals surface area contributed by atoms with Crippen LogP contribution < -0.4 is 9.88 Å². The first kappa shape index (κ1) is 28.5. The molecule has 2 aromatic carbocycles. The van der Waals surface area contributed by atoms with Gasteiger partial charge in [-0.05, 0) is 67.8 Å². The van der Waals surface area contributed by atoms with E-state index in [9.17, 15) is 9.00 Å². The van der Waals surface area contributed by atoms with Crippen LogP contribution >= 0.6 is 0 Å². The van der Waals surface area contributed by atoms with Gasteiger partial charge in [0.2, 0.25) is 0 Å². The third-order valence-electron chi connectivity index (χ3n) is 5.86. The zero-order chi connectivity index (χ0) is 26.4. The Morgan fingerprint density at radius 3 is 2.61 bits per heavy atom. The molecule has 4 N–H and O–H groups in total. The minimum atomic E-state index is -1.54. The van der Waals surface area contributed by atoms with Gasteiger partial charge in [0.1, 0.15) is 29.7 Å². The van der Waals surface area contributed by atoms with Crippen molar-refractivity contribution in [2.24, 2.45) is 5.14 Å². The third kappa shape index (κ3) is 6.63. The van der Waals surface area contributed by atoms with E-state index in [0.717, 1.165) is 27.8 Å². The number of nitrogens with two attached hydrogens (primary N) is 1. The van der Waals surface area contributed by atoms with Crippen molar-refractivity contribution in [1.82, 2.24) is 14.6 Å². The van der Waals surface area contributed by atoms with E-state index in [1.165, 1.54) is 6.33 Å². The number of pyridine rings is 1. The quantitative estimate of drug-likeness (QED) is 0.257. The first-order chi connectivity index (χ1) is 17.9. The Bertz CT molecular complexity index is 1510. The maximum atomic E-state index is 12.0. The van der Waals surface area contributed by atoms with Gasteiger partial charge in [0.25, 0.3) is 0 Å². The summed E-state index contributed by atoms with van der Waals surface area (Å²) >= 11 is 0. The van der Waals surface area contributed by atoms with Gasteiger partial charge in [-0.25, -0.2) is 18.8 Å². The highest BCUT2D eigenvalue weighted by atomic mass is 32.2. The van der Waals surface area contributed by atoms with Crippen molar-refractivity contribution < 1.29 is 24.0 Å². The monoisotopic (exact) mass is 534 g/mol. The van der Waals surface area contributed by atoms with Crippen LogP contribution in [0.3, 0.4) is 0 Å². The van der Waals surface area contributed by atoms with Crippen molar-refractivity contribution in [3.8, 4) is 28.7 Å². The molecule has 2 heterocycles. The van der Waals surface area contributed by atoms with Gasteiger partial charge in [0, 0.05) is 17.3 Å². The van der Waals surface area contributed by atoms with Crippen molar-refractivity contribution >= 4 is 22.6 Å². The molecule has 0 spiro atoms. The number of hydrogen-bond donors (Lipinski definition) is 1. The number of aryl methyl sites for hydroxylation is 1. The van der Waals surface area contributed by atoms with Crippen LogP contribution in [0.4, 0.5) is 0 Å². The molecule has 4 rings (SSSR count). The van der Waals surface area contributed by atoms with Crippen molar-refractivity contribution in [3.05, 3.63) is 77.7 Å². The fourth-order valence-corrected chi connectivity index (χ4v) is 4.60. The van der Waals surface area contributed by atoms with Crippen molar-refractivity contribution in [3.63, 3.8) is 0 Å². The van der Waals surface area contributed by atoms with Crippen molar-refractivity contribution in [2.45, 2.75) is 44.6 Å². The fraction of sp³-hybridized carbons (Fsp3) is 0.250. The Morgan fingerprint density at radius 1 is 1.18 bits per heavy atom. The van der Waals surface area contributed by atoms with Crippen LogP contribution in [0.5, 0.6) is 5.75 Å². The molecule has 2 aromatic heterocycles. The van der Waals surface area contributed by atoms with E-state index in [2.05, 4.69) is 21.9 Å². The summed E-state index contributed by atoms with van der Waals surface area (Å²) in [5.74, 6) is 6.15. The molecule has 1 unspecified atom stereocenters. The largest absolute Gasteiger partial charge is 0.489 e. The van der Waals surface area contributed by atoms with E-state index in [4.69, 9.17) is 14.6 Å². The van der Waals surface area contributed by atoms with Gasteiger partial charge in [-0.15, -0.1) is 5.92 Å². The van der Waals surface area contributed by atoms with Gasteiger partial charge >= 0.3 is 5.97 Å². The number of carbonyl (C=O) groups excluding carboxylic acids is 1. The summed E-state index contributed by atoms with van der Waals surface area (Å²) in [4.78, 5) is 16.9. The summed E-state index contributed by atoms with van der Waals surface area (Å²) in [5, 5.41) is 9.84. The smallest absolute Gasteiger partial charge is 0.307 e. The second-order valence-electron chi connectivity index (χ2n) is 8.37. The Kier molecular flexibility index (Phi) is 9.73. The number of ether oxygens (including phenoxy) is 2. The van der Waals surface area contributed by atoms with Gasteiger partial charge in [0.05, 0.1) is 23.8 Å². The number of benzene rings is 2. The van der Waals surface area contributed by atoms with E-state index in [1.54, 1.807) is 24.4 Å². The lowest BCUT2D eigenvalue weighted by Gasteiger charge is -2.13. The van der Waals surface area contributed by atoms with Crippen LogP contribution in [0.15, 0.2) is 66.0 Å². The minimum Gasteiger partial charge on any atom is -0.489 e. The third-order valence-corrected chi connectivity index (χ3v) is 6.58. The average molecular weight is 535 g/mol. The van der Waals surface area contributed by atoms with E-state index in [-0.39, 0.29) is 30.4 Å². The van der Waals surface area contributed by atoms with Crippen LogP contribution in [-0.2, 0) is 27.1 Å². The molecule has 198 valence electrons. The number of carbonyl (C=O) groups is 1. The van der Waals surface area contributed by atoms with E-state index < -0.39 is 11.0 Å². The Balaban J connectivity index is 0.00000400. The Morgan fingerprint density at radius 2 is 1.95 bits per heavy atom. The molecule has 0 aliphatic heterocycles. The number of aromatic nitrogens is 3. The maximum Gasteiger partial charge on any atom is 0.307 e. The minimum absolute atomic E-state index is 0. The summed E-state index contributed by atoms with van der Waals surface area (Å²) in [5.41, 5.74) is 5.34. The topological polar surface area (TPSA) is 140 Å². The van der Waals surface area contributed by atoms with Crippen molar-refractivity contribution in [2.75, 3.05) is 6.61 Å². The van der Waals surface area contributed by atoms with Crippen LogP contribution in [-0.4, -0.2) is 36.9 Å². The molecule has 2 atom stereocenters. The second-order valence-corrected chi connectivity index (χ2v) is 9.44. The standard InChI is InChI=1S/C28H28N4O4S.H2O/c1-4-6-21(15-27(33)35-5-2)20-7-9-24(10-8-20)36-17-23-14-22(16-32-28(23)30-18-31-32)26-12-11-25(37(29)34)13-19(26)3;/h7-14,16,18,21H,5,15,17,29H2,1-3H3;1H2/t21-,37?;/m0./s1. The fourth-order valence-electron chi connectivity index (χ4n) is 4.10. The number of fused-ring (bicyclic) bond motifs is 1. The van der Waals surface area contributed by atoms with Crippen LogP contribution in [0, 0.1) is 18.8 Å². The predicted octanol–water partition coefficient (Wildman–Crippen LogP) is 3.50. The Hall–Kier alpha value is -4.04. The number of nitrogens with zero attached hydrogens (tertiary/aromatic N) is 3. The molecular weight excluding hydrogens is 504 g/mol. The summed E-state index contributed by atoms with van der Waals surface area (Å²) in [6.45, 7) is 6.12. The first-order valence-corrected chi connectivity index (χ1v) is 13.0. The maximum absolute atomic E-state index is 12.0. The highest BCUT2D eigenvalue weighted by Crippen LogP contribution is 2.28. The normalized spacial score (nSPS) is 12.1. The lowest BCUT2D eigenvalue weighted by atomic mass is 9.96. The highest BCUT2D eigenvalue weighted by Gasteiger charge is 2.16. The van der Waals surface area contributed by atoms with E-state index in [0.29, 0.717) is 22.9 Å². The second kappa shape index (κ2) is 13.0. The van der Waals surface area contributed by atoms with Crippen LogP contribution in [0.25, 0.3) is 16.8 Å². The molecule has 0 aliphatic carbocycles. The zero-order valence-corrected chi connectivity index (χ0v) is 22.2. The summed E-state index contributed by atoms with van der Waals surface area (Å²) in [6, 6.07) is 15.1. The lowest BCUT2D eigenvalue weighted by molar-refractivity contribution is -0.143. The molecule has 0 radical (unpaired) electrons. The van der Waals surface area contributed by atoms with E-state index >= 15 is 0 Å². The molecule has 0 saturated heterocycles. The number of rotatable bonds is 9. The van der Waals surface area contributed by atoms with Gasteiger partial charge in [-0.1, -0.05) is 24.1 Å². The number of esters is 1.